The third-order valence-corrected chi connectivity index (χ3v) is 3.67. The normalized spacial score (nSPS) is 11.0. The zero-order valence-electron chi connectivity index (χ0n) is 13.7. The monoisotopic (exact) mass is 337 g/mol. The Balaban J connectivity index is 1.73. The fraction of sp³-hybridized carbons (Fsp3) is 0.188. The standard InChI is InChI=1S/C16H15N7O2/c1-22-15(19-20-21-22)23-13-8-4-3-7-12(13)18-16(23)25-10-11-6-5-9-14(17-11)24-2/h3-9H,10H2,1-2H3. The summed E-state index contributed by atoms with van der Waals surface area (Å²) in [5.74, 6) is 1.05. The molecule has 0 saturated heterocycles. The van der Waals surface area contributed by atoms with Gasteiger partial charge in [-0.2, -0.15) is 4.98 Å². The Bertz CT molecular complexity index is 1020. The van der Waals surface area contributed by atoms with Gasteiger partial charge in [0.2, 0.25) is 5.88 Å². The van der Waals surface area contributed by atoms with E-state index in [1.807, 2.05) is 36.4 Å². The van der Waals surface area contributed by atoms with Crippen LogP contribution in [0.3, 0.4) is 0 Å². The summed E-state index contributed by atoms with van der Waals surface area (Å²) in [5.41, 5.74) is 2.38. The van der Waals surface area contributed by atoms with Crippen LogP contribution in [0.2, 0.25) is 0 Å². The van der Waals surface area contributed by atoms with Crippen molar-refractivity contribution in [3.05, 3.63) is 48.2 Å². The summed E-state index contributed by atoms with van der Waals surface area (Å²) in [5, 5.41) is 11.6. The second-order valence-corrected chi connectivity index (χ2v) is 5.28. The fourth-order valence-corrected chi connectivity index (χ4v) is 2.50. The van der Waals surface area contributed by atoms with Crippen molar-refractivity contribution < 1.29 is 9.47 Å². The van der Waals surface area contributed by atoms with Crippen molar-refractivity contribution in [3.8, 4) is 17.8 Å². The van der Waals surface area contributed by atoms with E-state index in [0.717, 1.165) is 16.7 Å². The number of para-hydroxylation sites is 2. The highest BCUT2D eigenvalue weighted by molar-refractivity contribution is 5.78. The Morgan fingerprint density at radius 2 is 1.92 bits per heavy atom. The maximum Gasteiger partial charge on any atom is 0.305 e. The van der Waals surface area contributed by atoms with Crippen molar-refractivity contribution >= 4 is 11.0 Å². The van der Waals surface area contributed by atoms with E-state index in [1.54, 1.807) is 29.5 Å². The summed E-state index contributed by atoms with van der Waals surface area (Å²) in [4.78, 5) is 8.88. The Morgan fingerprint density at radius 1 is 1.04 bits per heavy atom. The molecule has 0 atom stereocenters. The van der Waals surface area contributed by atoms with Gasteiger partial charge in [-0.05, 0) is 28.6 Å². The van der Waals surface area contributed by atoms with Crippen LogP contribution in [0.4, 0.5) is 0 Å². The van der Waals surface area contributed by atoms with Crippen molar-refractivity contribution in [1.29, 1.82) is 0 Å². The lowest BCUT2D eigenvalue weighted by Crippen LogP contribution is -2.08. The Hall–Kier alpha value is -3.49. The quantitative estimate of drug-likeness (QED) is 0.545. The second kappa shape index (κ2) is 6.19. The van der Waals surface area contributed by atoms with Crippen LogP contribution in [0.15, 0.2) is 42.5 Å². The third-order valence-electron chi connectivity index (χ3n) is 3.67. The summed E-state index contributed by atoms with van der Waals surface area (Å²) in [7, 11) is 3.34. The van der Waals surface area contributed by atoms with E-state index >= 15 is 0 Å². The number of imidazole rings is 1. The smallest absolute Gasteiger partial charge is 0.305 e. The van der Waals surface area contributed by atoms with Crippen LogP contribution in [-0.4, -0.2) is 41.9 Å². The lowest BCUT2D eigenvalue weighted by molar-refractivity contribution is 0.270. The zero-order chi connectivity index (χ0) is 17.2. The molecule has 0 aliphatic rings. The van der Waals surface area contributed by atoms with Crippen LogP contribution in [0.25, 0.3) is 17.0 Å². The van der Waals surface area contributed by atoms with E-state index in [1.165, 1.54) is 0 Å². The van der Waals surface area contributed by atoms with Crippen molar-refractivity contribution in [1.82, 2.24) is 34.7 Å². The number of nitrogens with zero attached hydrogens (tertiary/aromatic N) is 7. The lowest BCUT2D eigenvalue weighted by atomic mass is 10.3. The van der Waals surface area contributed by atoms with E-state index in [2.05, 4.69) is 25.5 Å². The molecule has 126 valence electrons. The number of hydrogen-bond acceptors (Lipinski definition) is 7. The molecule has 0 aliphatic heterocycles. The molecule has 0 fully saturated rings. The van der Waals surface area contributed by atoms with Gasteiger partial charge in [0.25, 0.3) is 5.95 Å². The molecule has 0 radical (unpaired) electrons. The minimum atomic E-state index is 0.242. The molecule has 0 saturated carbocycles. The maximum atomic E-state index is 5.91. The topological polar surface area (TPSA) is 92.8 Å². The van der Waals surface area contributed by atoms with Gasteiger partial charge in [-0.1, -0.05) is 23.3 Å². The SMILES string of the molecule is COc1cccc(COc2nc3ccccc3n2-c2nnnn2C)n1. The van der Waals surface area contributed by atoms with Crippen molar-refractivity contribution in [2.45, 2.75) is 6.61 Å². The highest BCUT2D eigenvalue weighted by atomic mass is 16.5. The summed E-state index contributed by atoms with van der Waals surface area (Å²) < 4.78 is 14.4. The van der Waals surface area contributed by atoms with E-state index < -0.39 is 0 Å². The van der Waals surface area contributed by atoms with Crippen molar-refractivity contribution in [2.75, 3.05) is 7.11 Å². The predicted octanol–water partition coefficient (Wildman–Crippen LogP) is 1.53. The molecule has 9 nitrogen and oxygen atoms in total. The molecule has 4 rings (SSSR count). The molecular weight excluding hydrogens is 322 g/mol. The number of pyridine rings is 1. The molecule has 0 aliphatic carbocycles. The average Bonchev–Trinajstić information content (AvgIpc) is 3.22. The van der Waals surface area contributed by atoms with Crippen LogP contribution >= 0.6 is 0 Å². The molecule has 0 amide bonds. The van der Waals surface area contributed by atoms with Crippen LogP contribution < -0.4 is 9.47 Å². The molecule has 0 unspecified atom stereocenters. The average molecular weight is 337 g/mol. The number of rotatable bonds is 5. The molecule has 1 aromatic carbocycles. The molecule has 9 heteroatoms. The molecule has 0 spiro atoms. The first-order chi connectivity index (χ1) is 12.3. The van der Waals surface area contributed by atoms with E-state index in [4.69, 9.17) is 9.47 Å². The van der Waals surface area contributed by atoms with Gasteiger partial charge in [-0.3, -0.25) is 0 Å². The van der Waals surface area contributed by atoms with Gasteiger partial charge in [-0.15, -0.1) is 0 Å². The number of tetrazole rings is 1. The van der Waals surface area contributed by atoms with Crippen molar-refractivity contribution in [3.63, 3.8) is 0 Å². The number of hydrogen-bond donors (Lipinski definition) is 0. The summed E-state index contributed by atoms with van der Waals surface area (Å²) >= 11 is 0. The van der Waals surface area contributed by atoms with Crippen LogP contribution in [0.1, 0.15) is 5.69 Å². The maximum absolute atomic E-state index is 5.91. The number of fused-ring (bicyclic) bond motifs is 1. The summed E-state index contributed by atoms with van der Waals surface area (Å²) in [6.07, 6.45) is 0. The van der Waals surface area contributed by atoms with E-state index in [0.29, 0.717) is 17.8 Å². The van der Waals surface area contributed by atoms with Gasteiger partial charge in [0.15, 0.2) is 0 Å². The Kier molecular flexibility index (Phi) is 3.73. The number of aromatic nitrogens is 7. The molecule has 0 bridgehead atoms. The second-order valence-electron chi connectivity index (χ2n) is 5.28. The molecule has 3 aromatic heterocycles. The summed E-state index contributed by atoms with van der Waals surface area (Å²) in [6, 6.07) is 13.6. The van der Waals surface area contributed by atoms with E-state index in [9.17, 15) is 0 Å². The van der Waals surface area contributed by atoms with Gasteiger partial charge in [0, 0.05) is 13.1 Å². The first-order valence-electron chi connectivity index (χ1n) is 7.59. The molecule has 4 aromatic rings. The van der Waals surface area contributed by atoms with Gasteiger partial charge < -0.3 is 9.47 Å². The molecule has 3 heterocycles. The molecular formula is C16H15N7O2. The highest BCUT2D eigenvalue weighted by Gasteiger charge is 2.18. The Labute approximate surface area is 142 Å². The van der Waals surface area contributed by atoms with Crippen molar-refractivity contribution in [2.24, 2.45) is 7.05 Å². The zero-order valence-corrected chi connectivity index (χ0v) is 13.7. The lowest BCUT2D eigenvalue weighted by Gasteiger charge is -2.08. The molecule has 0 N–H and O–H groups in total. The molecule has 25 heavy (non-hydrogen) atoms. The van der Waals surface area contributed by atoms with Crippen LogP contribution in [0.5, 0.6) is 11.9 Å². The van der Waals surface area contributed by atoms with Gasteiger partial charge >= 0.3 is 6.01 Å². The highest BCUT2D eigenvalue weighted by Crippen LogP contribution is 2.25. The number of methoxy groups -OCH3 is 1. The fourth-order valence-electron chi connectivity index (χ4n) is 2.50. The summed E-state index contributed by atoms with van der Waals surface area (Å²) in [6.45, 7) is 0.242. The number of benzene rings is 1. The van der Waals surface area contributed by atoms with Gasteiger partial charge in [0.1, 0.15) is 6.61 Å². The van der Waals surface area contributed by atoms with Gasteiger partial charge in [-0.25, -0.2) is 14.2 Å². The largest absolute Gasteiger partial charge is 0.481 e. The third kappa shape index (κ3) is 2.75. The first-order valence-corrected chi connectivity index (χ1v) is 7.59. The van der Waals surface area contributed by atoms with E-state index in [-0.39, 0.29) is 6.61 Å². The van der Waals surface area contributed by atoms with Gasteiger partial charge in [0.05, 0.1) is 23.8 Å². The van der Waals surface area contributed by atoms with Crippen LogP contribution in [-0.2, 0) is 13.7 Å². The number of ether oxygens (including phenoxy) is 2. The van der Waals surface area contributed by atoms with Crippen LogP contribution in [0, 0.1) is 0 Å². The minimum absolute atomic E-state index is 0.242. The minimum Gasteiger partial charge on any atom is -0.481 e. The number of aryl methyl sites for hydroxylation is 1. The predicted molar refractivity (Wildman–Crippen MR) is 88.5 cm³/mol. The Morgan fingerprint density at radius 3 is 2.72 bits per heavy atom. The first kappa shape index (κ1) is 15.1.